The number of anilines is 1. The lowest BCUT2D eigenvalue weighted by atomic mass is 10.0. The van der Waals surface area contributed by atoms with Gasteiger partial charge in [-0.1, -0.05) is 30.3 Å². The Morgan fingerprint density at radius 1 is 1.08 bits per heavy atom. The molecule has 25 heavy (non-hydrogen) atoms. The Balaban J connectivity index is 1.61. The van der Waals surface area contributed by atoms with Crippen molar-refractivity contribution < 1.29 is 4.79 Å². The van der Waals surface area contributed by atoms with Crippen molar-refractivity contribution in [2.24, 2.45) is 4.99 Å². The number of hydrogen-bond acceptors (Lipinski definition) is 3. The summed E-state index contributed by atoms with van der Waals surface area (Å²) in [6, 6.07) is 12.3. The lowest BCUT2D eigenvalue weighted by Gasteiger charge is -2.22. The van der Waals surface area contributed by atoms with Crippen molar-refractivity contribution in [3.05, 3.63) is 64.2 Å². The first-order valence-electron chi connectivity index (χ1n) is 8.95. The molecule has 0 bridgehead atoms. The molecule has 0 radical (unpaired) electrons. The number of hydrogen-bond donors (Lipinski definition) is 1. The molecule has 1 N–H and O–H groups in total. The van der Waals surface area contributed by atoms with E-state index in [1.54, 1.807) is 4.90 Å². The zero-order valence-corrected chi connectivity index (χ0v) is 14.8. The quantitative estimate of drug-likeness (QED) is 0.910. The second-order valence-electron chi connectivity index (χ2n) is 6.85. The first-order chi connectivity index (χ1) is 12.1. The molecule has 1 aliphatic carbocycles. The Morgan fingerprint density at radius 3 is 2.64 bits per heavy atom. The Labute approximate surface area is 148 Å². The van der Waals surface area contributed by atoms with Crippen LogP contribution in [0.2, 0.25) is 0 Å². The lowest BCUT2D eigenvalue weighted by molar-refractivity contribution is 0.0856. The van der Waals surface area contributed by atoms with Gasteiger partial charge in [0.05, 0.1) is 6.54 Å². The largest absolute Gasteiger partial charge is 0.326 e. The van der Waals surface area contributed by atoms with E-state index in [1.807, 2.05) is 32.0 Å². The molecule has 4 heteroatoms. The molecule has 1 amide bonds. The van der Waals surface area contributed by atoms with Gasteiger partial charge in [0.2, 0.25) is 5.96 Å². The summed E-state index contributed by atoms with van der Waals surface area (Å²) in [5.41, 5.74) is 6.69. The summed E-state index contributed by atoms with van der Waals surface area (Å²) >= 11 is 0. The molecular weight excluding hydrogens is 310 g/mol. The standard InChI is InChI=1S/C21H23N3O/c1-14-6-3-7-15(2)19(14)20(25)24-13-12-22-21(24)23-18-11-5-9-16-8-4-10-17(16)18/h3,5-7,9,11H,4,8,10,12-13H2,1-2H3,(H,22,23). The summed E-state index contributed by atoms with van der Waals surface area (Å²) in [4.78, 5) is 19.5. The second-order valence-corrected chi connectivity index (χ2v) is 6.85. The van der Waals surface area contributed by atoms with E-state index in [9.17, 15) is 4.79 Å². The van der Waals surface area contributed by atoms with E-state index in [2.05, 4.69) is 28.5 Å². The number of carbonyl (C=O) groups excluding carboxylic acids is 1. The van der Waals surface area contributed by atoms with Crippen molar-refractivity contribution >= 4 is 17.6 Å². The van der Waals surface area contributed by atoms with Crippen LogP contribution in [-0.2, 0) is 12.8 Å². The molecule has 0 unspecified atom stereocenters. The van der Waals surface area contributed by atoms with E-state index in [0.717, 1.165) is 35.2 Å². The molecule has 2 aliphatic rings. The van der Waals surface area contributed by atoms with Crippen LogP contribution in [0.4, 0.5) is 5.69 Å². The van der Waals surface area contributed by atoms with Gasteiger partial charge in [-0.25, -0.2) is 0 Å². The monoisotopic (exact) mass is 333 g/mol. The van der Waals surface area contributed by atoms with E-state index in [-0.39, 0.29) is 5.91 Å². The summed E-state index contributed by atoms with van der Waals surface area (Å²) < 4.78 is 0. The van der Waals surface area contributed by atoms with Crippen molar-refractivity contribution in [1.29, 1.82) is 0 Å². The van der Waals surface area contributed by atoms with Crippen molar-refractivity contribution in [1.82, 2.24) is 4.90 Å². The number of nitrogens with zero attached hydrogens (tertiary/aromatic N) is 2. The van der Waals surface area contributed by atoms with E-state index in [1.165, 1.54) is 17.5 Å². The molecule has 0 fully saturated rings. The summed E-state index contributed by atoms with van der Waals surface area (Å²) in [6.07, 6.45) is 3.44. The molecule has 2 aromatic carbocycles. The number of benzene rings is 2. The minimum atomic E-state index is 0.0342. The predicted molar refractivity (Wildman–Crippen MR) is 101 cm³/mol. The fraction of sp³-hybridized carbons (Fsp3) is 0.333. The van der Waals surface area contributed by atoms with Crippen LogP contribution in [-0.4, -0.2) is 29.9 Å². The van der Waals surface area contributed by atoms with Crippen molar-refractivity contribution in [2.45, 2.75) is 33.1 Å². The van der Waals surface area contributed by atoms with Crippen LogP contribution in [0.3, 0.4) is 0 Å². The molecule has 0 saturated heterocycles. The van der Waals surface area contributed by atoms with E-state index in [0.29, 0.717) is 19.0 Å². The molecule has 0 aromatic heterocycles. The minimum Gasteiger partial charge on any atom is -0.326 e. The molecule has 0 atom stereocenters. The lowest BCUT2D eigenvalue weighted by Crippen LogP contribution is -2.39. The molecule has 0 saturated carbocycles. The number of rotatable bonds is 2. The maximum Gasteiger partial charge on any atom is 0.261 e. The Bertz CT molecular complexity index is 849. The van der Waals surface area contributed by atoms with Crippen LogP contribution in [0.5, 0.6) is 0 Å². The number of aliphatic imine (C=N–C) groups is 1. The maximum atomic E-state index is 13.1. The third-order valence-electron chi connectivity index (χ3n) is 5.17. The third kappa shape index (κ3) is 2.82. The summed E-state index contributed by atoms with van der Waals surface area (Å²) in [5.74, 6) is 0.708. The third-order valence-corrected chi connectivity index (χ3v) is 5.17. The fourth-order valence-electron chi connectivity index (χ4n) is 3.90. The van der Waals surface area contributed by atoms with Gasteiger partial charge in [-0.05, 0) is 61.4 Å². The first kappa shape index (κ1) is 15.9. The summed E-state index contributed by atoms with van der Waals surface area (Å²) in [5, 5.41) is 3.44. The van der Waals surface area contributed by atoms with Crippen molar-refractivity contribution in [3.8, 4) is 0 Å². The van der Waals surface area contributed by atoms with Crippen LogP contribution >= 0.6 is 0 Å². The highest BCUT2D eigenvalue weighted by atomic mass is 16.2. The van der Waals surface area contributed by atoms with Gasteiger partial charge in [0.15, 0.2) is 0 Å². The topological polar surface area (TPSA) is 44.7 Å². The first-order valence-corrected chi connectivity index (χ1v) is 8.95. The van der Waals surface area contributed by atoms with Crippen LogP contribution in [0.25, 0.3) is 0 Å². The average Bonchev–Trinajstić information content (AvgIpc) is 3.24. The van der Waals surface area contributed by atoms with Crippen molar-refractivity contribution in [3.63, 3.8) is 0 Å². The molecule has 2 aromatic rings. The summed E-state index contributed by atoms with van der Waals surface area (Å²) in [6.45, 7) is 5.26. The number of guanidine groups is 1. The Kier molecular flexibility index (Phi) is 4.04. The van der Waals surface area contributed by atoms with E-state index >= 15 is 0 Å². The minimum absolute atomic E-state index is 0.0342. The van der Waals surface area contributed by atoms with Gasteiger partial charge >= 0.3 is 0 Å². The van der Waals surface area contributed by atoms with Crippen LogP contribution in [0.1, 0.15) is 39.0 Å². The molecule has 1 aliphatic heterocycles. The summed E-state index contributed by atoms with van der Waals surface area (Å²) in [7, 11) is 0. The molecule has 4 rings (SSSR count). The van der Waals surface area contributed by atoms with E-state index in [4.69, 9.17) is 0 Å². The zero-order chi connectivity index (χ0) is 17.4. The fourth-order valence-corrected chi connectivity index (χ4v) is 3.90. The number of aryl methyl sites for hydroxylation is 3. The van der Waals surface area contributed by atoms with Crippen molar-refractivity contribution in [2.75, 3.05) is 18.4 Å². The van der Waals surface area contributed by atoms with Gasteiger partial charge in [-0.3, -0.25) is 14.7 Å². The second kappa shape index (κ2) is 6.36. The SMILES string of the molecule is Cc1cccc(C)c1C(=O)N1CCN=C1Nc1cccc2c1CCC2. The highest BCUT2D eigenvalue weighted by Crippen LogP contribution is 2.29. The average molecular weight is 333 g/mol. The van der Waals surface area contributed by atoms with Gasteiger partial charge in [-0.2, -0.15) is 0 Å². The molecule has 128 valence electrons. The number of fused-ring (bicyclic) bond motifs is 1. The van der Waals surface area contributed by atoms with Gasteiger partial charge in [0.1, 0.15) is 0 Å². The number of amides is 1. The van der Waals surface area contributed by atoms with Crippen LogP contribution in [0.15, 0.2) is 41.4 Å². The zero-order valence-electron chi connectivity index (χ0n) is 14.8. The van der Waals surface area contributed by atoms with Crippen LogP contribution < -0.4 is 5.32 Å². The van der Waals surface area contributed by atoms with E-state index < -0.39 is 0 Å². The van der Waals surface area contributed by atoms with Gasteiger partial charge in [0, 0.05) is 17.8 Å². The molecule has 0 spiro atoms. The number of nitrogens with one attached hydrogen (secondary N) is 1. The Hall–Kier alpha value is -2.62. The molecule has 4 nitrogen and oxygen atoms in total. The number of carbonyl (C=O) groups is 1. The highest BCUT2D eigenvalue weighted by molar-refractivity contribution is 6.12. The van der Waals surface area contributed by atoms with Gasteiger partial charge in [0.25, 0.3) is 5.91 Å². The van der Waals surface area contributed by atoms with Gasteiger partial charge in [-0.15, -0.1) is 0 Å². The smallest absolute Gasteiger partial charge is 0.261 e. The van der Waals surface area contributed by atoms with Crippen LogP contribution in [0, 0.1) is 13.8 Å². The normalized spacial score (nSPS) is 15.9. The molecular formula is C21H23N3O. The molecule has 1 heterocycles. The Morgan fingerprint density at radius 2 is 1.84 bits per heavy atom. The highest BCUT2D eigenvalue weighted by Gasteiger charge is 2.27. The predicted octanol–water partition coefficient (Wildman–Crippen LogP) is 3.72. The maximum absolute atomic E-state index is 13.1. The van der Waals surface area contributed by atoms with Gasteiger partial charge < -0.3 is 5.32 Å².